The Kier molecular flexibility index (Phi) is 11.5. The fourth-order valence-corrected chi connectivity index (χ4v) is 5.86. The molecule has 5 aromatic rings. The second-order valence-electron chi connectivity index (χ2n) is 10.4. The van der Waals surface area contributed by atoms with Gasteiger partial charge in [-0.05, 0) is 71.8 Å². The minimum atomic E-state index is -0.644. The van der Waals surface area contributed by atoms with Gasteiger partial charge in [0.1, 0.15) is 22.4 Å². The van der Waals surface area contributed by atoms with E-state index in [0.717, 1.165) is 10.5 Å². The third-order valence-corrected chi connectivity index (χ3v) is 8.56. The molecule has 0 saturated heterocycles. The molecule has 5 aromatic carbocycles. The normalized spacial score (nSPS) is 11.6. The zero-order chi connectivity index (χ0) is 33.9. The van der Waals surface area contributed by atoms with Gasteiger partial charge in [0.05, 0.1) is 19.9 Å². The number of thioether (sulfide) groups is 1. The Morgan fingerprint density at radius 2 is 1.46 bits per heavy atom. The van der Waals surface area contributed by atoms with Gasteiger partial charge in [0, 0.05) is 27.2 Å². The molecule has 0 heterocycles. The second-order valence-corrected chi connectivity index (χ2v) is 12.0. The summed E-state index contributed by atoms with van der Waals surface area (Å²) in [4.78, 5) is 41.1. The number of anilines is 2. The highest BCUT2D eigenvalue weighted by Crippen LogP contribution is 2.38. The van der Waals surface area contributed by atoms with Crippen LogP contribution < -0.4 is 25.4 Å². The van der Waals surface area contributed by atoms with Crippen LogP contribution in [0.4, 0.5) is 11.4 Å². The molecule has 1 atom stereocenters. The van der Waals surface area contributed by atoms with E-state index in [2.05, 4.69) is 16.0 Å². The molecule has 1 unspecified atom stereocenters. The molecule has 8 nitrogen and oxygen atoms in total. The minimum Gasteiger partial charge on any atom is -0.497 e. The van der Waals surface area contributed by atoms with Crippen LogP contribution in [0.1, 0.15) is 26.7 Å². The van der Waals surface area contributed by atoms with E-state index >= 15 is 0 Å². The van der Waals surface area contributed by atoms with Gasteiger partial charge in [0.25, 0.3) is 11.8 Å². The number of methoxy groups -OCH3 is 2. The van der Waals surface area contributed by atoms with Crippen LogP contribution in [0.2, 0.25) is 5.02 Å². The van der Waals surface area contributed by atoms with Gasteiger partial charge >= 0.3 is 0 Å². The van der Waals surface area contributed by atoms with E-state index in [-0.39, 0.29) is 11.6 Å². The van der Waals surface area contributed by atoms with Crippen LogP contribution in [0.25, 0.3) is 6.08 Å². The molecular weight excluding hydrogens is 646 g/mol. The van der Waals surface area contributed by atoms with Crippen LogP contribution in [0.3, 0.4) is 0 Å². The standard InChI is InChI=1S/C38H32ClN3O5S/c1-46-30-20-21-32(34(24-30)47-2)41-38(45)35(26-10-5-3-6-11-26)48-31-15-9-14-29(23-31)40-37(44)33(22-25-16-18-28(39)19-17-25)42-36(43)27-12-7-4-8-13-27/h3-24,35H,1-2H3,(H,40,44)(H,41,45)(H,42,43)/b33-22-. The first kappa shape index (κ1) is 33.8. The molecule has 0 aromatic heterocycles. The van der Waals surface area contributed by atoms with Gasteiger partial charge in [-0.3, -0.25) is 14.4 Å². The van der Waals surface area contributed by atoms with E-state index in [1.54, 1.807) is 104 Å². The number of hydrogen-bond acceptors (Lipinski definition) is 6. The number of hydrogen-bond donors (Lipinski definition) is 3. The number of halogens is 1. The fraction of sp³-hybridized carbons (Fsp3) is 0.0789. The second kappa shape index (κ2) is 16.4. The average Bonchev–Trinajstić information content (AvgIpc) is 3.12. The Labute approximate surface area is 288 Å². The van der Waals surface area contributed by atoms with Crippen molar-refractivity contribution in [1.82, 2.24) is 5.32 Å². The molecule has 0 fully saturated rings. The van der Waals surface area contributed by atoms with Crippen molar-refractivity contribution in [3.8, 4) is 11.5 Å². The van der Waals surface area contributed by atoms with Crippen LogP contribution in [-0.2, 0) is 9.59 Å². The largest absolute Gasteiger partial charge is 0.497 e. The van der Waals surface area contributed by atoms with Gasteiger partial charge in [-0.25, -0.2) is 0 Å². The summed E-state index contributed by atoms with van der Waals surface area (Å²) < 4.78 is 10.8. The number of nitrogens with one attached hydrogen (secondary N) is 3. The van der Waals surface area contributed by atoms with Gasteiger partial charge in [-0.1, -0.05) is 78.3 Å². The smallest absolute Gasteiger partial charge is 0.272 e. The Hall–Kier alpha value is -5.51. The Balaban J connectivity index is 1.38. The number of carbonyl (C=O) groups excluding carboxylic acids is 3. The predicted octanol–water partition coefficient (Wildman–Crippen LogP) is 8.24. The molecule has 0 radical (unpaired) electrons. The molecule has 3 N–H and O–H groups in total. The molecular formula is C38H32ClN3O5S. The van der Waals surface area contributed by atoms with E-state index in [4.69, 9.17) is 21.1 Å². The first-order chi connectivity index (χ1) is 23.3. The monoisotopic (exact) mass is 677 g/mol. The summed E-state index contributed by atoms with van der Waals surface area (Å²) in [5, 5.41) is 8.52. The van der Waals surface area contributed by atoms with Gasteiger partial charge in [0.15, 0.2) is 0 Å². The quantitative estimate of drug-likeness (QED) is 0.0908. The molecule has 48 heavy (non-hydrogen) atoms. The summed E-state index contributed by atoms with van der Waals surface area (Å²) in [6, 6.07) is 37.3. The highest BCUT2D eigenvalue weighted by molar-refractivity contribution is 8.00. The summed E-state index contributed by atoms with van der Waals surface area (Å²) in [6.07, 6.45) is 1.58. The molecule has 3 amide bonds. The van der Waals surface area contributed by atoms with E-state index in [1.165, 1.54) is 18.9 Å². The first-order valence-corrected chi connectivity index (χ1v) is 16.1. The highest BCUT2D eigenvalue weighted by atomic mass is 35.5. The maximum atomic E-state index is 13.8. The number of amides is 3. The van der Waals surface area contributed by atoms with Crippen molar-refractivity contribution >= 4 is 58.5 Å². The summed E-state index contributed by atoms with van der Waals surface area (Å²) in [5.41, 5.74) is 2.89. The lowest BCUT2D eigenvalue weighted by molar-refractivity contribution is -0.116. The minimum absolute atomic E-state index is 0.0409. The summed E-state index contributed by atoms with van der Waals surface area (Å²) in [7, 11) is 3.08. The van der Waals surface area contributed by atoms with Crippen molar-refractivity contribution in [3.05, 3.63) is 155 Å². The summed E-state index contributed by atoms with van der Waals surface area (Å²) in [5.74, 6) is -0.156. The Morgan fingerprint density at radius 3 is 2.15 bits per heavy atom. The van der Waals surface area contributed by atoms with Gasteiger partial charge in [-0.15, -0.1) is 11.8 Å². The van der Waals surface area contributed by atoms with Crippen LogP contribution in [0.5, 0.6) is 11.5 Å². The Bertz CT molecular complexity index is 1920. The van der Waals surface area contributed by atoms with Crippen molar-refractivity contribution in [1.29, 1.82) is 0 Å². The van der Waals surface area contributed by atoms with Crippen molar-refractivity contribution in [2.45, 2.75) is 10.1 Å². The number of carbonyl (C=O) groups is 3. The van der Waals surface area contributed by atoms with Crippen LogP contribution >= 0.6 is 23.4 Å². The topological polar surface area (TPSA) is 106 Å². The van der Waals surface area contributed by atoms with Gasteiger partial charge in [0.2, 0.25) is 5.91 Å². The lowest BCUT2D eigenvalue weighted by atomic mass is 10.1. The van der Waals surface area contributed by atoms with Crippen LogP contribution in [-0.4, -0.2) is 31.9 Å². The maximum absolute atomic E-state index is 13.8. The molecule has 0 aliphatic heterocycles. The average molecular weight is 678 g/mol. The zero-order valence-corrected chi connectivity index (χ0v) is 27.7. The molecule has 0 spiro atoms. The van der Waals surface area contributed by atoms with E-state index in [0.29, 0.717) is 39.0 Å². The molecule has 242 valence electrons. The lowest BCUT2D eigenvalue weighted by Gasteiger charge is -2.19. The molecule has 0 aliphatic rings. The SMILES string of the molecule is COc1ccc(NC(=O)C(Sc2cccc(NC(=O)/C(=C/c3ccc(Cl)cc3)NC(=O)c3ccccc3)c2)c2ccccc2)c(OC)c1. The van der Waals surface area contributed by atoms with Crippen molar-refractivity contribution in [2.75, 3.05) is 24.9 Å². The predicted molar refractivity (Wildman–Crippen MR) is 192 cm³/mol. The molecule has 0 bridgehead atoms. The van der Waals surface area contributed by atoms with Crippen molar-refractivity contribution in [3.63, 3.8) is 0 Å². The van der Waals surface area contributed by atoms with E-state index in [1.807, 2.05) is 36.4 Å². The zero-order valence-electron chi connectivity index (χ0n) is 26.1. The van der Waals surface area contributed by atoms with Crippen molar-refractivity contribution in [2.24, 2.45) is 0 Å². The maximum Gasteiger partial charge on any atom is 0.272 e. The van der Waals surface area contributed by atoms with Gasteiger partial charge < -0.3 is 25.4 Å². The highest BCUT2D eigenvalue weighted by Gasteiger charge is 2.24. The first-order valence-electron chi connectivity index (χ1n) is 14.8. The summed E-state index contributed by atoms with van der Waals surface area (Å²) >= 11 is 7.38. The van der Waals surface area contributed by atoms with Gasteiger partial charge in [-0.2, -0.15) is 0 Å². The third kappa shape index (κ3) is 9.06. The summed E-state index contributed by atoms with van der Waals surface area (Å²) in [6.45, 7) is 0. The number of ether oxygens (including phenoxy) is 2. The van der Waals surface area contributed by atoms with Crippen LogP contribution in [0.15, 0.2) is 138 Å². The molecule has 5 rings (SSSR count). The Morgan fingerprint density at radius 1 is 0.750 bits per heavy atom. The molecule has 0 saturated carbocycles. The fourth-order valence-electron chi connectivity index (χ4n) is 4.65. The van der Waals surface area contributed by atoms with Crippen molar-refractivity contribution < 1.29 is 23.9 Å². The van der Waals surface area contributed by atoms with E-state index < -0.39 is 17.1 Å². The number of benzene rings is 5. The third-order valence-electron chi connectivity index (χ3n) is 7.06. The number of rotatable bonds is 12. The van der Waals surface area contributed by atoms with E-state index in [9.17, 15) is 14.4 Å². The van der Waals surface area contributed by atoms with Crippen LogP contribution in [0, 0.1) is 0 Å². The molecule has 0 aliphatic carbocycles. The lowest BCUT2D eigenvalue weighted by Crippen LogP contribution is -2.30. The molecule has 10 heteroatoms.